The largest absolute Gasteiger partial charge is 0.478 e. The summed E-state index contributed by atoms with van der Waals surface area (Å²) in [6.45, 7) is 6.51. The lowest BCUT2D eigenvalue weighted by atomic mass is 9.80. The van der Waals surface area contributed by atoms with E-state index in [-0.39, 0.29) is 24.3 Å². The number of hydrogen-bond donors (Lipinski definition) is 4. The third-order valence-corrected chi connectivity index (χ3v) is 3.91. The van der Waals surface area contributed by atoms with Crippen LogP contribution in [0.25, 0.3) is 0 Å². The second-order valence-corrected chi connectivity index (χ2v) is 5.36. The van der Waals surface area contributed by atoms with E-state index in [1.807, 2.05) is 0 Å². The van der Waals surface area contributed by atoms with Crippen LogP contribution >= 0.6 is 0 Å². The first-order valence-electron chi connectivity index (χ1n) is 7.78. The standard InChI is InChI=1S/C8H6O4.C8H16O2.C2H4/c9-7(10)5-1-2-6(4-3-5)8(11)12;9-5-7-3-1-2-4-8(7)6-10;1-2/h1-4H,(H,9,10)(H,11,12);7-10H,1-6H2;1-2H2. The first-order chi connectivity index (χ1) is 11.5. The molecule has 0 amide bonds. The van der Waals surface area contributed by atoms with Gasteiger partial charge in [-0.05, 0) is 48.9 Å². The summed E-state index contributed by atoms with van der Waals surface area (Å²) in [6.07, 6.45) is 4.65. The fourth-order valence-corrected chi connectivity index (χ4v) is 2.52. The average Bonchev–Trinajstić information content (AvgIpc) is 2.63. The van der Waals surface area contributed by atoms with E-state index < -0.39 is 11.9 Å². The molecule has 2 atom stereocenters. The summed E-state index contributed by atoms with van der Waals surface area (Å²) in [5, 5.41) is 34.7. The van der Waals surface area contributed by atoms with Crippen LogP contribution < -0.4 is 0 Å². The molecular formula is C18H26O6. The highest BCUT2D eigenvalue weighted by atomic mass is 16.4. The fourth-order valence-electron chi connectivity index (χ4n) is 2.52. The molecule has 0 heterocycles. The Kier molecular flexibility index (Phi) is 11.2. The van der Waals surface area contributed by atoms with Crippen molar-refractivity contribution in [1.29, 1.82) is 0 Å². The molecule has 1 aliphatic rings. The fraction of sp³-hybridized carbons (Fsp3) is 0.444. The summed E-state index contributed by atoms with van der Waals surface area (Å²) in [6, 6.07) is 5.02. The predicted octanol–water partition coefficient (Wildman–Crippen LogP) is 2.66. The van der Waals surface area contributed by atoms with Crippen LogP contribution in [0.2, 0.25) is 0 Å². The van der Waals surface area contributed by atoms with Crippen molar-refractivity contribution in [2.24, 2.45) is 11.8 Å². The lowest BCUT2D eigenvalue weighted by Crippen LogP contribution is -2.25. The number of carboxylic acid groups (broad SMARTS) is 2. The molecule has 2 rings (SSSR count). The number of carbonyl (C=O) groups is 2. The molecule has 0 aromatic heterocycles. The van der Waals surface area contributed by atoms with Crippen LogP contribution in [0.5, 0.6) is 0 Å². The summed E-state index contributed by atoms with van der Waals surface area (Å²) < 4.78 is 0. The molecule has 0 radical (unpaired) electrons. The van der Waals surface area contributed by atoms with E-state index in [1.54, 1.807) is 0 Å². The molecule has 4 N–H and O–H groups in total. The van der Waals surface area contributed by atoms with E-state index >= 15 is 0 Å². The Morgan fingerprint density at radius 1 is 0.833 bits per heavy atom. The van der Waals surface area contributed by atoms with E-state index in [4.69, 9.17) is 20.4 Å². The van der Waals surface area contributed by atoms with Gasteiger partial charge in [0.15, 0.2) is 0 Å². The zero-order valence-electron chi connectivity index (χ0n) is 13.7. The first kappa shape index (κ1) is 21.8. The van der Waals surface area contributed by atoms with Gasteiger partial charge in [-0.2, -0.15) is 0 Å². The maximum Gasteiger partial charge on any atom is 0.335 e. The van der Waals surface area contributed by atoms with Crippen molar-refractivity contribution in [3.8, 4) is 0 Å². The van der Waals surface area contributed by atoms with Crippen molar-refractivity contribution in [3.05, 3.63) is 48.6 Å². The van der Waals surface area contributed by atoms with E-state index in [1.165, 1.54) is 37.1 Å². The van der Waals surface area contributed by atoms with Gasteiger partial charge in [-0.1, -0.05) is 12.8 Å². The van der Waals surface area contributed by atoms with Gasteiger partial charge in [0.25, 0.3) is 0 Å². The molecule has 1 aromatic rings. The number of aromatic carboxylic acids is 2. The summed E-state index contributed by atoms with van der Waals surface area (Å²) in [7, 11) is 0. The second kappa shape index (κ2) is 12.3. The van der Waals surface area contributed by atoms with Gasteiger partial charge in [-0.15, -0.1) is 13.2 Å². The Hall–Kier alpha value is -2.18. The van der Waals surface area contributed by atoms with Crippen molar-refractivity contribution in [1.82, 2.24) is 0 Å². The molecular weight excluding hydrogens is 312 g/mol. The predicted molar refractivity (Wildman–Crippen MR) is 91.2 cm³/mol. The molecule has 0 aliphatic heterocycles. The van der Waals surface area contributed by atoms with Gasteiger partial charge in [0, 0.05) is 13.2 Å². The van der Waals surface area contributed by atoms with Crippen LogP contribution in [-0.2, 0) is 0 Å². The molecule has 134 valence electrons. The smallest absolute Gasteiger partial charge is 0.335 e. The van der Waals surface area contributed by atoms with Crippen LogP contribution in [0.1, 0.15) is 46.4 Å². The highest BCUT2D eigenvalue weighted by Crippen LogP contribution is 2.28. The topological polar surface area (TPSA) is 115 Å². The van der Waals surface area contributed by atoms with Gasteiger partial charge in [0.1, 0.15) is 0 Å². The second-order valence-electron chi connectivity index (χ2n) is 5.36. The van der Waals surface area contributed by atoms with Gasteiger partial charge in [-0.25, -0.2) is 9.59 Å². The Morgan fingerprint density at radius 2 is 1.12 bits per heavy atom. The zero-order valence-corrected chi connectivity index (χ0v) is 13.7. The number of rotatable bonds is 4. The molecule has 1 aromatic carbocycles. The maximum atomic E-state index is 10.3. The lowest BCUT2D eigenvalue weighted by Gasteiger charge is -2.28. The van der Waals surface area contributed by atoms with Crippen LogP contribution in [-0.4, -0.2) is 45.6 Å². The minimum absolute atomic E-state index is 0.0833. The van der Waals surface area contributed by atoms with Crippen LogP contribution in [0, 0.1) is 11.8 Å². The van der Waals surface area contributed by atoms with E-state index in [9.17, 15) is 9.59 Å². The van der Waals surface area contributed by atoms with Crippen molar-refractivity contribution in [2.45, 2.75) is 25.7 Å². The maximum absolute atomic E-state index is 10.3. The van der Waals surface area contributed by atoms with Gasteiger partial charge >= 0.3 is 11.9 Å². The summed E-state index contributed by atoms with van der Waals surface area (Å²) in [5.41, 5.74) is 0.167. The normalized spacial score (nSPS) is 19.1. The Bertz CT molecular complexity index is 452. The van der Waals surface area contributed by atoms with E-state index in [0.717, 1.165) is 12.8 Å². The van der Waals surface area contributed by atoms with Gasteiger partial charge in [0.2, 0.25) is 0 Å². The molecule has 2 unspecified atom stereocenters. The monoisotopic (exact) mass is 338 g/mol. The van der Waals surface area contributed by atoms with Crippen LogP contribution in [0.15, 0.2) is 37.4 Å². The minimum Gasteiger partial charge on any atom is -0.478 e. The Morgan fingerprint density at radius 3 is 1.33 bits per heavy atom. The van der Waals surface area contributed by atoms with Crippen molar-refractivity contribution in [3.63, 3.8) is 0 Å². The highest BCUT2D eigenvalue weighted by Gasteiger charge is 2.23. The van der Waals surface area contributed by atoms with Crippen molar-refractivity contribution in [2.75, 3.05) is 13.2 Å². The SMILES string of the molecule is C=C.O=C(O)c1ccc(C(=O)O)cc1.OCC1CCCCC1CO. The van der Waals surface area contributed by atoms with E-state index in [2.05, 4.69) is 13.2 Å². The van der Waals surface area contributed by atoms with Crippen LogP contribution in [0.3, 0.4) is 0 Å². The Labute approximate surface area is 142 Å². The third kappa shape index (κ3) is 7.39. The third-order valence-electron chi connectivity index (χ3n) is 3.91. The molecule has 0 bridgehead atoms. The average molecular weight is 338 g/mol. The molecule has 24 heavy (non-hydrogen) atoms. The minimum atomic E-state index is -1.06. The summed E-state index contributed by atoms with van der Waals surface area (Å²) in [4.78, 5) is 20.7. The summed E-state index contributed by atoms with van der Waals surface area (Å²) >= 11 is 0. The lowest BCUT2D eigenvalue weighted by molar-refractivity contribution is 0.0681. The molecule has 0 saturated heterocycles. The Balaban J connectivity index is 0.000000405. The molecule has 0 spiro atoms. The summed E-state index contributed by atoms with van der Waals surface area (Å²) in [5.74, 6) is -1.38. The quantitative estimate of drug-likeness (QED) is 0.627. The number of aliphatic hydroxyl groups excluding tert-OH is 2. The molecule has 6 heteroatoms. The molecule has 1 aliphatic carbocycles. The zero-order chi connectivity index (χ0) is 18.5. The van der Waals surface area contributed by atoms with Gasteiger partial charge in [0.05, 0.1) is 11.1 Å². The number of carboxylic acids is 2. The van der Waals surface area contributed by atoms with Gasteiger partial charge in [-0.3, -0.25) is 0 Å². The number of hydrogen-bond acceptors (Lipinski definition) is 4. The van der Waals surface area contributed by atoms with Crippen molar-refractivity contribution >= 4 is 11.9 Å². The number of benzene rings is 1. The first-order valence-corrected chi connectivity index (χ1v) is 7.78. The molecule has 1 fully saturated rings. The molecule has 1 saturated carbocycles. The number of aliphatic hydroxyl groups is 2. The van der Waals surface area contributed by atoms with Crippen LogP contribution in [0.4, 0.5) is 0 Å². The molecule has 6 nitrogen and oxygen atoms in total. The highest BCUT2D eigenvalue weighted by molar-refractivity contribution is 5.91. The van der Waals surface area contributed by atoms with E-state index in [0.29, 0.717) is 11.8 Å². The van der Waals surface area contributed by atoms with Crippen molar-refractivity contribution < 1.29 is 30.0 Å². The van der Waals surface area contributed by atoms with Gasteiger partial charge < -0.3 is 20.4 Å².